The molecular weight excluding hydrogens is 404 g/mol. The first-order chi connectivity index (χ1) is 15.5. The van der Waals surface area contributed by atoms with Gasteiger partial charge in [0, 0.05) is 25.2 Å². The van der Waals surface area contributed by atoms with E-state index < -0.39 is 0 Å². The summed E-state index contributed by atoms with van der Waals surface area (Å²) in [5.41, 5.74) is 5.36. The van der Waals surface area contributed by atoms with Crippen LogP contribution in [0.5, 0.6) is 0 Å². The first-order valence-corrected chi connectivity index (χ1v) is 11.7. The molecule has 0 spiro atoms. The second kappa shape index (κ2) is 8.71. The Balaban J connectivity index is 1.39. The molecular formula is C25H32N4O3. The molecule has 4 heterocycles. The summed E-state index contributed by atoms with van der Waals surface area (Å²) in [7, 11) is 0. The van der Waals surface area contributed by atoms with Crippen LogP contribution in [0.3, 0.4) is 0 Å². The third kappa shape index (κ3) is 4.07. The van der Waals surface area contributed by atoms with Crippen LogP contribution in [-0.4, -0.2) is 58.5 Å². The number of piperidine rings is 1. The summed E-state index contributed by atoms with van der Waals surface area (Å²) in [6, 6.07) is 6.21. The smallest absolute Gasteiger partial charge is 0.290 e. The number of aryl methyl sites for hydroxylation is 3. The fourth-order valence-corrected chi connectivity index (χ4v) is 4.85. The second-order valence-electron chi connectivity index (χ2n) is 9.20. The standard InChI is InChI=1S/C25H32N4O3/c1-16-13-20-21(14-17(16)2)27-24(26-20)22-6-4-5-7-29(22)25(30)23-18(3)12-19(32-23)15-28-8-10-31-11-9-28/h12-14,22H,4-11,15H2,1-3H3,(H,26,27). The molecule has 7 nitrogen and oxygen atoms in total. The van der Waals surface area contributed by atoms with Gasteiger partial charge in [0.2, 0.25) is 0 Å². The van der Waals surface area contributed by atoms with Gasteiger partial charge in [0.1, 0.15) is 11.6 Å². The Bertz CT molecular complexity index is 1090. The number of hydrogen-bond donors (Lipinski definition) is 1. The Morgan fingerprint density at radius 2 is 1.84 bits per heavy atom. The number of aromatic amines is 1. The maximum Gasteiger partial charge on any atom is 0.290 e. The summed E-state index contributed by atoms with van der Waals surface area (Å²) >= 11 is 0. The van der Waals surface area contributed by atoms with Gasteiger partial charge in [-0.15, -0.1) is 0 Å². The Morgan fingerprint density at radius 3 is 2.66 bits per heavy atom. The highest BCUT2D eigenvalue weighted by atomic mass is 16.5. The molecule has 5 rings (SSSR count). The summed E-state index contributed by atoms with van der Waals surface area (Å²) in [4.78, 5) is 26.2. The third-order valence-electron chi connectivity index (χ3n) is 6.84. The van der Waals surface area contributed by atoms with Crippen molar-refractivity contribution in [3.63, 3.8) is 0 Å². The number of carbonyl (C=O) groups is 1. The van der Waals surface area contributed by atoms with Crippen LogP contribution in [-0.2, 0) is 11.3 Å². The Kier molecular flexibility index (Phi) is 5.78. The number of hydrogen-bond acceptors (Lipinski definition) is 5. The number of fused-ring (bicyclic) bond motifs is 1. The summed E-state index contributed by atoms with van der Waals surface area (Å²) < 4.78 is 11.5. The van der Waals surface area contributed by atoms with Gasteiger partial charge in [0.15, 0.2) is 5.76 Å². The maximum atomic E-state index is 13.6. The highest BCUT2D eigenvalue weighted by Gasteiger charge is 2.33. The van der Waals surface area contributed by atoms with Crippen LogP contribution in [0.4, 0.5) is 0 Å². The first-order valence-electron chi connectivity index (χ1n) is 11.7. The van der Waals surface area contributed by atoms with Crippen LogP contribution < -0.4 is 0 Å². The van der Waals surface area contributed by atoms with Gasteiger partial charge in [0.05, 0.1) is 36.8 Å². The average Bonchev–Trinajstić information content (AvgIpc) is 3.37. The number of H-pyrrole nitrogens is 1. The van der Waals surface area contributed by atoms with Gasteiger partial charge in [0.25, 0.3) is 5.91 Å². The molecule has 1 unspecified atom stereocenters. The van der Waals surface area contributed by atoms with Crippen molar-refractivity contribution in [2.75, 3.05) is 32.8 Å². The predicted molar refractivity (Wildman–Crippen MR) is 123 cm³/mol. The fraction of sp³-hybridized carbons (Fsp3) is 0.520. The Hall–Kier alpha value is -2.64. The number of nitrogens with one attached hydrogen (secondary N) is 1. The van der Waals surface area contributed by atoms with Gasteiger partial charge in [-0.2, -0.15) is 0 Å². The monoisotopic (exact) mass is 436 g/mol. The molecule has 7 heteroatoms. The van der Waals surface area contributed by atoms with E-state index in [0.717, 1.165) is 80.3 Å². The normalized spacial score (nSPS) is 20.2. The highest BCUT2D eigenvalue weighted by Crippen LogP contribution is 2.33. The number of imidazole rings is 1. The zero-order valence-electron chi connectivity index (χ0n) is 19.2. The van der Waals surface area contributed by atoms with E-state index in [9.17, 15) is 4.79 Å². The van der Waals surface area contributed by atoms with E-state index in [2.05, 4.69) is 35.9 Å². The van der Waals surface area contributed by atoms with E-state index in [0.29, 0.717) is 12.3 Å². The predicted octanol–water partition coefficient (Wildman–Crippen LogP) is 4.28. The van der Waals surface area contributed by atoms with Gasteiger partial charge in [-0.05, 0) is 69.4 Å². The molecule has 170 valence electrons. The molecule has 2 aliphatic heterocycles. The lowest BCUT2D eigenvalue weighted by Gasteiger charge is -2.34. The second-order valence-corrected chi connectivity index (χ2v) is 9.20. The van der Waals surface area contributed by atoms with E-state index in [1.807, 2.05) is 17.9 Å². The minimum absolute atomic E-state index is 0.0340. The van der Waals surface area contributed by atoms with Crippen molar-refractivity contribution in [3.05, 3.63) is 52.2 Å². The molecule has 1 N–H and O–H groups in total. The summed E-state index contributed by atoms with van der Waals surface area (Å²) in [6.07, 6.45) is 2.99. The van der Waals surface area contributed by atoms with Crippen molar-refractivity contribution in [2.45, 2.75) is 52.6 Å². The van der Waals surface area contributed by atoms with Crippen LogP contribution in [0.15, 0.2) is 22.6 Å². The lowest BCUT2D eigenvalue weighted by molar-refractivity contribution is 0.0307. The van der Waals surface area contributed by atoms with Crippen LogP contribution in [0, 0.1) is 20.8 Å². The van der Waals surface area contributed by atoms with Gasteiger partial charge < -0.3 is 19.0 Å². The van der Waals surface area contributed by atoms with E-state index in [1.54, 1.807) is 0 Å². The molecule has 0 aliphatic carbocycles. The Morgan fingerprint density at radius 1 is 1.06 bits per heavy atom. The van der Waals surface area contributed by atoms with E-state index in [1.165, 1.54) is 11.1 Å². The maximum absolute atomic E-state index is 13.6. The summed E-state index contributed by atoms with van der Waals surface area (Å²) in [6.45, 7) is 10.9. The number of nitrogens with zero attached hydrogens (tertiary/aromatic N) is 3. The van der Waals surface area contributed by atoms with Crippen molar-refractivity contribution >= 4 is 16.9 Å². The number of furan rings is 1. The van der Waals surface area contributed by atoms with Crippen LogP contribution >= 0.6 is 0 Å². The lowest BCUT2D eigenvalue weighted by atomic mass is 10.0. The highest BCUT2D eigenvalue weighted by molar-refractivity contribution is 5.93. The largest absolute Gasteiger partial charge is 0.454 e. The molecule has 2 saturated heterocycles. The van der Waals surface area contributed by atoms with Crippen molar-refractivity contribution in [1.82, 2.24) is 19.8 Å². The lowest BCUT2D eigenvalue weighted by Crippen LogP contribution is -2.39. The molecule has 3 aromatic rings. The van der Waals surface area contributed by atoms with E-state index in [4.69, 9.17) is 14.1 Å². The fourth-order valence-electron chi connectivity index (χ4n) is 4.85. The van der Waals surface area contributed by atoms with Crippen molar-refractivity contribution in [3.8, 4) is 0 Å². The molecule has 2 aliphatic rings. The van der Waals surface area contributed by atoms with Gasteiger partial charge in [-0.25, -0.2) is 4.98 Å². The van der Waals surface area contributed by atoms with Crippen molar-refractivity contribution < 1.29 is 13.9 Å². The first kappa shape index (κ1) is 21.2. The average molecular weight is 437 g/mol. The van der Waals surface area contributed by atoms with Crippen LogP contribution in [0.1, 0.15) is 64.1 Å². The number of aromatic nitrogens is 2. The number of carbonyl (C=O) groups excluding carboxylic acids is 1. The zero-order chi connectivity index (χ0) is 22.2. The van der Waals surface area contributed by atoms with Crippen molar-refractivity contribution in [2.24, 2.45) is 0 Å². The molecule has 0 bridgehead atoms. The van der Waals surface area contributed by atoms with Crippen LogP contribution in [0.2, 0.25) is 0 Å². The molecule has 1 amide bonds. The molecule has 2 aromatic heterocycles. The van der Waals surface area contributed by atoms with Crippen molar-refractivity contribution in [1.29, 1.82) is 0 Å². The van der Waals surface area contributed by atoms with E-state index >= 15 is 0 Å². The minimum Gasteiger partial charge on any atom is -0.454 e. The number of benzene rings is 1. The van der Waals surface area contributed by atoms with Gasteiger partial charge in [-0.3, -0.25) is 9.69 Å². The number of amides is 1. The molecule has 0 radical (unpaired) electrons. The molecule has 0 saturated carbocycles. The quantitative estimate of drug-likeness (QED) is 0.661. The number of ether oxygens (including phenoxy) is 1. The molecule has 2 fully saturated rings. The number of morpholine rings is 1. The molecule has 1 aromatic carbocycles. The topological polar surface area (TPSA) is 74.6 Å². The zero-order valence-corrected chi connectivity index (χ0v) is 19.2. The number of rotatable bonds is 4. The number of likely N-dealkylation sites (tertiary alicyclic amines) is 1. The van der Waals surface area contributed by atoms with Gasteiger partial charge >= 0.3 is 0 Å². The molecule has 32 heavy (non-hydrogen) atoms. The summed E-state index contributed by atoms with van der Waals surface area (Å²) in [5.74, 6) is 2.14. The SMILES string of the molecule is Cc1cc2nc(C3CCCCN3C(=O)c3oc(CN4CCOCC4)cc3C)[nH]c2cc1C. The third-order valence-corrected chi connectivity index (χ3v) is 6.84. The Labute approximate surface area is 188 Å². The summed E-state index contributed by atoms with van der Waals surface area (Å²) in [5, 5.41) is 0. The van der Waals surface area contributed by atoms with E-state index in [-0.39, 0.29) is 11.9 Å². The molecule has 1 atom stereocenters. The van der Waals surface area contributed by atoms with Crippen LogP contribution in [0.25, 0.3) is 11.0 Å². The van der Waals surface area contributed by atoms with Gasteiger partial charge in [-0.1, -0.05) is 0 Å². The minimum atomic E-state index is -0.0588.